The summed E-state index contributed by atoms with van der Waals surface area (Å²) in [7, 11) is 0. The molecule has 2 aromatic heterocycles. The van der Waals surface area contributed by atoms with Crippen molar-refractivity contribution in [3.63, 3.8) is 0 Å². The predicted molar refractivity (Wildman–Crippen MR) is 152 cm³/mol. The number of carboxylic acids is 1. The quantitative estimate of drug-likeness (QED) is 0.256. The van der Waals surface area contributed by atoms with Crippen LogP contribution in [0.3, 0.4) is 0 Å². The summed E-state index contributed by atoms with van der Waals surface area (Å²) in [6, 6.07) is 9.37. The van der Waals surface area contributed by atoms with Crippen molar-refractivity contribution >= 4 is 44.7 Å². The highest BCUT2D eigenvalue weighted by molar-refractivity contribution is 7.22. The van der Waals surface area contributed by atoms with Gasteiger partial charge in [-0.05, 0) is 69.0 Å². The Labute approximate surface area is 225 Å². The van der Waals surface area contributed by atoms with Crippen LogP contribution in [0, 0.1) is 6.92 Å². The normalized spacial score (nSPS) is 11.8. The highest BCUT2D eigenvalue weighted by Gasteiger charge is 2.20. The largest absolute Gasteiger partial charge is 0.481 e. The number of benzene rings is 2. The SMILES string of the molecule is CC(C)(C)O.CC/C(=C/N)c1ncc(-c2nc3cc(C)c(CC(=O)O)c(-c4ccc(Cl)cc4)c3s2)cn1. The Bertz CT molecular complexity index is 1420. The second-order valence-corrected chi connectivity index (χ2v) is 10.9. The number of nitrogens with two attached hydrogens (primary N) is 1. The summed E-state index contributed by atoms with van der Waals surface area (Å²) < 4.78 is 0.921. The molecule has 0 amide bonds. The van der Waals surface area contributed by atoms with E-state index in [0.29, 0.717) is 10.8 Å². The number of hydrogen-bond acceptors (Lipinski definition) is 7. The molecule has 0 radical (unpaired) electrons. The van der Waals surface area contributed by atoms with Gasteiger partial charge in [-0.3, -0.25) is 4.79 Å². The Hall–Kier alpha value is -3.33. The van der Waals surface area contributed by atoms with E-state index in [-0.39, 0.29) is 6.42 Å². The van der Waals surface area contributed by atoms with E-state index < -0.39 is 11.6 Å². The Kier molecular flexibility index (Phi) is 9.02. The Morgan fingerprint density at radius 3 is 2.24 bits per heavy atom. The number of halogens is 1. The van der Waals surface area contributed by atoms with Crippen molar-refractivity contribution in [3.05, 3.63) is 70.9 Å². The van der Waals surface area contributed by atoms with E-state index in [1.54, 1.807) is 45.3 Å². The Balaban J connectivity index is 0.000000695. The standard InChI is InChI=1S/C24H21ClN4O2S.C4H10O/c1-3-14(10-26)23-27-11-16(12-28-23)24-29-19-8-13(2)18(9-20(30)31)21(22(19)32-24)15-4-6-17(25)7-5-15;1-4(2,3)5/h4-8,10-12H,3,9,26H2,1-2H3,(H,30,31);5H,1-3H3/b14-10-;. The van der Waals surface area contributed by atoms with E-state index in [0.717, 1.165) is 55.0 Å². The second kappa shape index (κ2) is 11.8. The van der Waals surface area contributed by atoms with Crippen LogP contribution in [0.1, 0.15) is 51.1 Å². The van der Waals surface area contributed by atoms with E-state index >= 15 is 0 Å². The van der Waals surface area contributed by atoms with Gasteiger partial charge in [0, 0.05) is 40.3 Å². The van der Waals surface area contributed by atoms with E-state index in [1.807, 2.05) is 32.0 Å². The number of rotatable bonds is 6. The lowest BCUT2D eigenvalue weighted by atomic mass is 9.93. The van der Waals surface area contributed by atoms with Crippen molar-refractivity contribution < 1.29 is 15.0 Å². The van der Waals surface area contributed by atoms with Crippen molar-refractivity contribution in [1.29, 1.82) is 0 Å². The minimum atomic E-state index is -0.879. The molecule has 37 heavy (non-hydrogen) atoms. The number of carbonyl (C=O) groups is 1. The molecule has 0 saturated carbocycles. The Morgan fingerprint density at radius 2 is 1.73 bits per heavy atom. The highest BCUT2D eigenvalue weighted by atomic mass is 35.5. The first kappa shape index (κ1) is 28.2. The van der Waals surface area contributed by atoms with Crippen LogP contribution in [-0.4, -0.2) is 36.7 Å². The molecule has 0 unspecified atom stereocenters. The topological polar surface area (TPSA) is 122 Å². The first-order chi connectivity index (χ1) is 17.4. The summed E-state index contributed by atoms with van der Waals surface area (Å²) in [6.45, 7) is 9.14. The third-order valence-corrected chi connectivity index (χ3v) is 6.63. The van der Waals surface area contributed by atoms with E-state index in [4.69, 9.17) is 27.4 Å². The maximum Gasteiger partial charge on any atom is 0.307 e. The van der Waals surface area contributed by atoms with Gasteiger partial charge in [-0.1, -0.05) is 30.7 Å². The van der Waals surface area contributed by atoms with Crippen LogP contribution in [0.5, 0.6) is 0 Å². The lowest BCUT2D eigenvalue weighted by Crippen LogP contribution is -2.10. The predicted octanol–water partition coefficient (Wildman–Crippen LogP) is 6.50. The number of aromatic nitrogens is 3. The summed E-state index contributed by atoms with van der Waals surface area (Å²) in [5, 5.41) is 19.4. The number of thiazole rings is 1. The molecule has 4 rings (SSSR count). The second-order valence-electron chi connectivity index (χ2n) is 9.50. The molecule has 0 fully saturated rings. The van der Waals surface area contributed by atoms with Crippen LogP contribution in [0.25, 0.3) is 37.5 Å². The van der Waals surface area contributed by atoms with Gasteiger partial charge < -0.3 is 15.9 Å². The third kappa shape index (κ3) is 7.35. The molecule has 0 saturated heterocycles. The van der Waals surface area contributed by atoms with Crippen molar-refractivity contribution in [3.8, 4) is 21.7 Å². The zero-order valence-electron chi connectivity index (χ0n) is 21.5. The van der Waals surface area contributed by atoms with E-state index in [2.05, 4.69) is 9.97 Å². The summed E-state index contributed by atoms with van der Waals surface area (Å²) in [5.41, 5.74) is 11.1. The molecule has 4 aromatic rings. The monoisotopic (exact) mass is 538 g/mol. The first-order valence-electron chi connectivity index (χ1n) is 11.8. The third-order valence-electron chi connectivity index (χ3n) is 5.24. The number of nitrogens with zero attached hydrogens (tertiary/aromatic N) is 3. The molecular weight excluding hydrogens is 508 g/mol. The fourth-order valence-corrected chi connectivity index (χ4v) is 4.85. The minimum Gasteiger partial charge on any atom is -0.481 e. The minimum absolute atomic E-state index is 0.0734. The van der Waals surface area contributed by atoms with Crippen LogP contribution in [0.2, 0.25) is 5.02 Å². The van der Waals surface area contributed by atoms with Gasteiger partial charge in [0.2, 0.25) is 0 Å². The molecule has 0 atom stereocenters. The average Bonchev–Trinajstić information content (AvgIpc) is 3.23. The average molecular weight is 539 g/mol. The lowest BCUT2D eigenvalue weighted by Gasteiger charge is -2.13. The highest BCUT2D eigenvalue weighted by Crippen LogP contribution is 2.40. The molecule has 2 aromatic carbocycles. The van der Waals surface area contributed by atoms with Gasteiger partial charge in [-0.15, -0.1) is 11.3 Å². The maximum atomic E-state index is 11.6. The van der Waals surface area contributed by atoms with Gasteiger partial charge in [0.15, 0.2) is 5.82 Å². The number of aliphatic hydroxyl groups is 1. The number of fused-ring (bicyclic) bond motifs is 1. The van der Waals surface area contributed by atoms with Crippen LogP contribution in [-0.2, 0) is 11.2 Å². The number of aliphatic carboxylic acids is 1. The van der Waals surface area contributed by atoms with Crippen LogP contribution < -0.4 is 5.73 Å². The molecule has 0 spiro atoms. The van der Waals surface area contributed by atoms with Crippen LogP contribution >= 0.6 is 22.9 Å². The van der Waals surface area contributed by atoms with Crippen LogP contribution in [0.15, 0.2) is 48.9 Å². The smallest absolute Gasteiger partial charge is 0.307 e. The fourth-order valence-electron chi connectivity index (χ4n) is 3.61. The van der Waals surface area contributed by atoms with Crippen molar-refractivity contribution in [2.75, 3.05) is 0 Å². The number of carboxylic acid groups (broad SMARTS) is 1. The number of hydrogen-bond donors (Lipinski definition) is 3. The van der Waals surface area contributed by atoms with Gasteiger partial charge in [0.25, 0.3) is 0 Å². The van der Waals surface area contributed by atoms with Crippen molar-refractivity contribution in [2.45, 2.75) is 53.1 Å². The molecular formula is C28H31ClN4O3S. The molecule has 0 aliphatic rings. The first-order valence-corrected chi connectivity index (χ1v) is 13.0. The summed E-state index contributed by atoms with van der Waals surface area (Å²) >= 11 is 7.58. The molecule has 0 bridgehead atoms. The summed E-state index contributed by atoms with van der Waals surface area (Å²) in [4.78, 5) is 25.3. The van der Waals surface area contributed by atoms with Gasteiger partial charge in [0.05, 0.1) is 22.2 Å². The Morgan fingerprint density at radius 1 is 1.14 bits per heavy atom. The molecule has 7 nitrogen and oxygen atoms in total. The zero-order chi connectivity index (χ0) is 27.3. The number of aryl methyl sites for hydroxylation is 1. The van der Waals surface area contributed by atoms with Crippen molar-refractivity contribution in [2.24, 2.45) is 5.73 Å². The van der Waals surface area contributed by atoms with Crippen LogP contribution in [0.4, 0.5) is 0 Å². The van der Waals surface area contributed by atoms with Gasteiger partial charge in [0.1, 0.15) is 5.01 Å². The van der Waals surface area contributed by atoms with E-state index in [1.165, 1.54) is 17.5 Å². The maximum absolute atomic E-state index is 11.6. The molecule has 4 N–H and O–H groups in total. The summed E-state index contributed by atoms with van der Waals surface area (Å²) in [6.07, 6.45) is 5.68. The van der Waals surface area contributed by atoms with Gasteiger partial charge in [-0.2, -0.15) is 0 Å². The molecule has 0 aliphatic carbocycles. The fraction of sp³-hybridized carbons (Fsp3) is 0.286. The van der Waals surface area contributed by atoms with Gasteiger partial charge >= 0.3 is 5.97 Å². The van der Waals surface area contributed by atoms with Gasteiger partial charge in [-0.25, -0.2) is 15.0 Å². The molecule has 9 heteroatoms. The lowest BCUT2D eigenvalue weighted by molar-refractivity contribution is -0.136. The van der Waals surface area contributed by atoms with Crippen molar-refractivity contribution in [1.82, 2.24) is 15.0 Å². The molecule has 0 aliphatic heterocycles. The van der Waals surface area contributed by atoms with E-state index in [9.17, 15) is 9.90 Å². The molecule has 194 valence electrons. The number of allylic oxidation sites excluding steroid dienone is 1. The molecule has 2 heterocycles. The summed E-state index contributed by atoms with van der Waals surface area (Å²) in [5.74, 6) is -0.280. The zero-order valence-corrected chi connectivity index (χ0v) is 23.1.